The van der Waals surface area contributed by atoms with E-state index in [9.17, 15) is 9.59 Å². The number of benzene rings is 2. The number of carbonyl (C=O) groups excluding carboxylic acids is 2. The summed E-state index contributed by atoms with van der Waals surface area (Å²) in [7, 11) is 1.34. The molecule has 0 aliphatic rings. The molecule has 132 valence electrons. The van der Waals surface area contributed by atoms with Crippen molar-refractivity contribution in [2.45, 2.75) is 20.8 Å². The Bertz CT molecular complexity index is 965. The summed E-state index contributed by atoms with van der Waals surface area (Å²) in [6, 6.07) is 9.14. The minimum Gasteiger partial charge on any atom is -0.465 e. The van der Waals surface area contributed by atoms with Gasteiger partial charge in [0.05, 0.1) is 19.0 Å². The van der Waals surface area contributed by atoms with Crippen molar-refractivity contribution in [1.29, 1.82) is 0 Å². The van der Waals surface area contributed by atoms with Gasteiger partial charge in [-0.3, -0.25) is 4.79 Å². The summed E-state index contributed by atoms with van der Waals surface area (Å²) >= 11 is 0. The third-order valence-corrected chi connectivity index (χ3v) is 4.45. The highest BCUT2D eigenvalue weighted by Gasteiger charge is 2.19. The summed E-state index contributed by atoms with van der Waals surface area (Å²) in [6.07, 6.45) is 5.22. The molecule has 0 unspecified atom stereocenters. The molecular formula is C21H20N2O3. The molecular weight excluding hydrogens is 328 g/mol. The van der Waals surface area contributed by atoms with Gasteiger partial charge >= 0.3 is 5.97 Å². The largest absolute Gasteiger partial charge is 0.465 e. The highest BCUT2D eigenvalue weighted by Crippen LogP contribution is 2.24. The number of ether oxygens (including phenoxy) is 1. The SMILES string of the molecule is COC(=O)c1cc(C)c(C(=O)c2cc(-n3ccnc3)ccc2C)c(C)c1. The van der Waals surface area contributed by atoms with Gasteiger partial charge in [0.1, 0.15) is 0 Å². The number of ketones is 1. The minimum absolute atomic E-state index is 0.0594. The number of hydrogen-bond acceptors (Lipinski definition) is 4. The lowest BCUT2D eigenvalue weighted by atomic mass is 9.91. The van der Waals surface area contributed by atoms with Crippen LogP contribution in [0.1, 0.15) is 43.0 Å². The van der Waals surface area contributed by atoms with Gasteiger partial charge < -0.3 is 9.30 Å². The predicted molar refractivity (Wildman–Crippen MR) is 99.0 cm³/mol. The first-order valence-electron chi connectivity index (χ1n) is 8.25. The molecule has 0 aliphatic heterocycles. The fourth-order valence-corrected chi connectivity index (χ4v) is 3.12. The smallest absolute Gasteiger partial charge is 0.337 e. The summed E-state index contributed by atoms with van der Waals surface area (Å²) < 4.78 is 6.63. The second-order valence-corrected chi connectivity index (χ2v) is 6.27. The first-order valence-corrected chi connectivity index (χ1v) is 8.25. The molecule has 1 heterocycles. The van der Waals surface area contributed by atoms with Crippen LogP contribution in [-0.2, 0) is 4.74 Å². The van der Waals surface area contributed by atoms with E-state index in [-0.39, 0.29) is 5.78 Å². The second kappa shape index (κ2) is 6.96. The van der Waals surface area contributed by atoms with Crippen LogP contribution in [0.2, 0.25) is 0 Å². The quantitative estimate of drug-likeness (QED) is 0.531. The number of aryl methyl sites for hydroxylation is 3. The lowest BCUT2D eigenvalue weighted by Crippen LogP contribution is -2.11. The normalized spacial score (nSPS) is 10.6. The Morgan fingerprint density at radius 3 is 2.27 bits per heavy atom. The van der Waals surface area contributed by atoms with E-state index in [1.165, 1.54) is 7.11 Å². The number of imidazole rings is 1. The van der Waals surface area contributed by atoms with E-state index in [1.807, 2.05) is 49.7 Å². The van der Waals surface area contributed by atoms with Crippen LogP contribution in [0.15, 0.2) is 49.1 Å². The van der Waals surface area contributed by atoms with Gasteiger partial charge in [-0.25, -0.2) is 9.78 Å². The Morgan fingerprint density at radius 2 is 1.69 bits per heavy atom. The van der Waals surface area contributed by atoms with Gasteiger partial charge in [-0.1, -0.05) is 6.07 Å². The molecule has 0 amide bonds. The van der Waals surface area contributed by atoms with Crippen LogP contribution in [0.3, 0.4) is 0 Å². The summed E-state index contributed by atoms with van der Waals surface area (Å²) in [5, 5.41) is 0. The molecule has 0 saturated carbocycles. The lowest BCUT2D eigenvalue weighted by Gasteiger charge is -2.14. The third-order valence-electron chi connectivity index (χ3n) is 4.45. The van der Waals surface area contributed by atoms with Crippen LogP contribution in [0.5, 0.6) is 0 Å². The fourth-order valence-electron chi connectivity index (χ4n) is 3.12. The van der Waals surface area contributed by atoms with Crippen LogP contribution in [-0.4, -0.2) is 28.4 Å². The van der Waals surface area contributed by atoms with E-state index < -0.39 is 5.97 Å². The minimum atomic E-state index is -0.409. The highest BCUT2D eigenvalue weighted by molar-refractivity contribution is 6.12. The van der Waals surface area contributed by atoms with Crippen molar-refractivity contribution >= 4 is 11.8 Å². The highest BCUT2D eigenvalue weighted by atomic mass is 16.5. The number of methoxy groups -OCH3 is 1. The Hall–Kier alpha value is -3.21. The molecule has 2 aromatic carbocycles. The van der Waals surface area contributed by atoms with Gasteiger partial charge in [-0.15, -0.1) is 0 Å². The van der Waals surface area contributed by atoms with Crippen molar-refractivity contribution in [3.05, 3.63) is 82.4 Å². The van der Waals surface area contributed by atoms with Crippen molar-refractivity contribution < 1.29 is 14.3 Å². The Labute approximate surface area is 152 Å². The maximum Gasteiger partial charge on any atom is 0.337 e. The molecule has 0 radical (unpaired) electrons. The summed E-state index contributed by atoms with van der Waals surface area (Å²) in [6.45, 7) is 5.59. The predicted octanol–water partition coefficient (Wildman–Crippen LogP) is 3.82. The first kappa shape index (κ1) is 17.6. The van der Waals surface area contributed by atoms with Gasteiger partial charge in [0, 0.05) is 29.2 Å². The summed E-state index contributed by atoms with van der Waals surface area (Å²) in [5.74, 6) is -0.468. The topological polar surface area (TPSA) is 61.2 Å². The number of esters is 1. The molecule has 1 aromatic heterocycles. The number of nitrogens with zero attached hydrogens (tertiary/aromatic N) is 2. The van der Waals surface area contributed by atoms with Crippen molar-refractivity contribution in [2.24, 2.45) is 0 Å². The number of hydrogen-bond donors (Lipinski definition) is 0. The average Bonchev–Trinajstić information content (AvgIpc) is 3.15. The van der Waals surface area contributed by atoms with Gasteiger partial charge in [0.25, 0.3) is 0 Å². The standard InChI is InChI=1S/C21H20N2O3/c1-13-5-6-17(23-8-7-22-12-23)11-18(13)20(24)19-14(2)9-16(10-15(19)3)21(25)26-4/h5-12H,1-4H3. The van der Waals surface area contributed by atoms with E-state index in [1.54, 1.807) is 24.7 Å². The van der Waals surface area contributed by atoms with Gasteiger partial charge in [-0.2, -0.15) is 0 Å². The Morgan fingerprint density at radius 1 is 1.00 bits per heavy atom. The molecule has 0 fully saturated rings. The molecule has 0 aliphatic carbocycles. The Balaban J connectivity index is 2.08. The molecule has 3 aromatic rings. The zero-order valence-electron chi connectivity index (χ0n) is 15.2. The van der Waals surface area contributed by atoms with Crippen molar-refractivity contribution in [1.82, 2.24) is 9.55 Å². The monoisotopic (exact) mass is 348 g/mol. The molecule has 5 nitrogen and oxygen atoms in total. The molecule has 0 bridgehead atoms. The Kier molecular flexibility index (Phi) is 4.71. The number of rotatable bonds is 4. The van der Waals surface area contributed by atoms with Gasteiger partial charge in [0.2, 0.25) is 0 Å². The molecule has 0 N–H and O–H groups in total. The maximum absolute atomic E-state index is 13.2. The summed E-state index contributed by atoms with van der Waals surface area (Å²) in [5.41, 5.74) is 4.97. The van der Waals surface area contributed by atoms with Crippen LogP contribution in [0, 0.1) is 20.8 Å². The van der Waals surface area contributed by atoms with Crippen molar-refractivity contribution in [2.75, 3.05) is 7.11 Å². The van der Waals surface area contributed by atoms with Crippen LogP contribution in [0.25, 0.3) is 5.69 Å². The van der Waals surface area contributed by atoms with Crippen LogP contribution in [0.4, 0.5) is 0 Å². The van der Waals surface area contributed by atoms with Crippen LogP contribution < -0.4 is 0 Å². The maximum atomic E-state index is 13.2. The number of carbonyl (C=O) groups is 2. The molecule has 0 spiro atoms. The fraction of sp³-hybridized carbons (Fsp3) is 0.190. The van der Waals surface area contributed by atoms with E-state index >= 15 is 0 Å². The average molecular weight is 348 g/mol. The molecule has 0 saturated heterocycles. The van der Waals surface area contributed by atoms with E-state index in [0.717, 1.165) is 22.4 Å². The second-order valence-electron chi connectivity index (χ2n) is 6.27. The zero-order chi connectivity index (χ0) is 18.8. The number of aromatic nitrogens is 2. The third kappa shape index (κ3) is 3.16. The molecule has 5 heteroatoms. The lowest BCUT2D eigenvalue weighted by molar-refractivity contribution is 0.0600. The molecule has 26 heavy (non-hydrogen) atoms. The van der Waals surface area contributed by atoms with Gasteiger partial charge in [0.15, 0.2) is 5.78 Å². The van der Waals surface area contributed by atoms with Gasteiger partial charge in [-0.05, 0) is 61.7 Å². The van der Waals surface area contributed by atoms with E-state index in [4.69, 9.17) is 4.74 Å². The van der Waals surface area contributed by atoms with Crippen molar-refractivity contribution in [3.8, 4) is 5.69 Å². The van der Waals surface area contributed by atoms with E-state index in [2.05, 4.69) is 4.98 Å². The first-order chi connectivity index (χ1) is 12.4. The van der Waals surface area contributed by atoms with Crippen molar-refractivity contribution in [3.63, 3.8) is 0 Å². The zero-order valence-corrected chi connectivity index (χ0v) is 15.2. The van der Waals surface area contributed by atoms with Crippen LogP contribution >= 0.6 is 0 Å². The summed E-state index contributed by atoms with van der Waals surface area (Å²) in [4.78, 5) is 29.1. The molecule has 0 atom stereocenters. The van der Waals surface area contributed by atoms with E-state index in [0.29, 0.717) is 16.7 Å². The molecule has 3 rings (SSSR count).